The van der Waals surface area contributed by atoms with E-state index in [9.17, 15) is 9.18 Å². The van der Waals surface area contributed by atoms with E-state index in [1.165, 1.54) is 23.3 Å². The van der Waals surface area contributed by atoms with E-state index in [1.807, 2.05) is 4.90 Å². The number of benzene rings is 2. The van der Waals surface area contributed by atoms with E-state index < -0.39 is 5.82 Å². The zero-order valence-corrected chi connectivity index (χ0v) is 13.5. The maximum atomic E-state index is 13.7. The molecule has 24 heavy (non-hydrogen) atoms. The van der Waals surface area contributed by atoms with Gasteiger partial charge < -0.3 is 10.6 Å². The summed E-state index contributed by atoms with van der Waals surface area (Å²) in [6, 6.07) is 13.1. The van der Waals surface area contributed by atoms with E-state index in [-0.39, 0.29) is 17.6 Å². The molecular formula is C20H21FN2O. The first-order chi connectivity index (χ1) is 11.6. The summed E-state index contributed by atoms with van der Waals surface area (Å²) in [5, 5.41) is 0. The fourth-order valence-corrected chi connectivity index (χ4v) is 4.28. The van der Waals surface area contributed by atoms with Crippen molar-refractivity contribution in [2.75, 3.05) is 12.3 Å². The summed E-state index contributed by atoms with van der Waals surface area (Å²) in [5.41, 5.74) is 8.79. The first kappa shape index (κ1) is 15.2. The molecule has 2 aliphatic rings. The van der Waals surface area contributed by atoms with Gasteiger partial charge in [0.2, 0.25) is 0 Å². The zero-order chi connectivity index (χ0) is 16.7. The molecule has 1 aliphatic carbocycles. The van der Waals surface area contributed by atoms with Crippen LogP contribution in [0.15, 0.2) is 42.5 Å². The van der Waals surface area contributed by atoms with Crippen molar-refractivity contribution in [2.24, 2.45) is 0 Å². The molecule has 0 aromatic heterocycles. The number of nitrogens with zero attached hydrogens (tertiary/aromatic N) is 1. The topological polar surface area (TPSA) is 46.3 Å². The maximum Gasteiger partial charge on any atom is 0.254 e. The Labute approximate surface area is 141 Å². The van der Waals surface area contributed by atoms with Gasteiger partial charge in [0.25, 0.3) is 5.91 Å². The highest BCUT2D eigenvalue weighted by molar-refractivity contribution is 5.95. The molecule has 2 aromatic carbocycles. The molecule has 1 fully saturated rings. The number of halogens is 1. The van der Waals surface area contributed by atoms with E-state index in [0.717, 1.165) is 32.2 Å². The number of carbonyl (C=O) groups is 1. The summed E-state index contributed by atoms with van der Waals surface area (Å²) in [7, 11) is 0. The van der Waals surface area contributed by atoms with Crippen molar-refractivity contribution in [1.29, 1.82) is 0 Å². The van der Waals surface area contributed by atoms with Crippen LogP contribution in [0, 0.1) is 5.82 Å². The van der Waals surface area contributed by atoms with Gasteiger partial charge in [-0.2, -0.15) is 0 Å². The zero-order valence-electron chi connectivity index (χ0n) is 13.5. The first-order valence-electron chi connectivity index (χ1n) is 8.59. The van der Waals surface area contributed by atoms with E-state index in [4.69, 9.17) is 5.73 Å². The van der Waals surface area contributed by atoms with Gasteiger partial charge in [0, 0.05) is 24.1 Å². The lowest BCUT2D eigenvalue weighted by Gasteiger charge is -2.45. The lowest BCUT2D eigenvalue weighted by molar-refractivity contribution is 0.0546. The Morgan fingerprint density at radius 2 is 2.00 bits per heavy atom. The van der Waals surface area contributed by atoms with E-state index in [1.54, 1.807) is 6.07 Å². The third-order valence-corrected chi connectivity index (χ3v) is 5.45. The molecule has 3 nitrogen and oxygen atoms in total. The highest BCUT2D eigenvalue weighted by Crippen LogP contribution is 2.41. The number of nitrogen functional groups attached to an aromatic ring is 1. The average molecular weight is 324 g/mol. The standard InChI is InChI=1S/C20H21FN2O/c21-17-12-14(7-9-18(17)22)20(24)23-11-3-6-16-15-5-2-1-4-13(15)8-10-19(16)23/h1-2,4-5,7,9,12,16,19H,3,6,8,10-11,22H2/t16?,19-/m0/s1. The largest absolute Gasteiger partial charge is 0.396 e. The molecule has 1 heterocycles. The number of anilines is 1. The van der Waals surface area contributed by atoms with Gasteiger partial charge in [0.15, 0.2) is 0 Å². The Bertz CT molecular complexity index is 789. The van der Waals surface area contributed by atoms with Crippen LogP contribution in [0.3, 0.4) is 0 Å². The van der Waals surface area contributed by atoms with Gasteiger partial charge in [-0.25, -0.2) is 4.39 Å². The molecule has 0 bridgehead atoms. The lowest BCUT2D eigenvalue weighted by Crippen LogP contribution is -2.49. The van der Waals surface area contributed by atoms with E-state index in [0.29, 0.717) is 11.5 Å². The molecule has 1 amide bonds. The van der Waals surface area contributed by atoms with Gasteiger partial charge in [-0.3, -0.25) is 4.79 Å². The van der Waals surface area contributed by atoms with Crippen LogP contribution in [0.4, 0.5) is 10.1 Å². The molecule has 1 unspecified atom stereocenters. The molecule has 4 rings (SSSR count). The Morgan fingerprint density at radius 1 is 1.17 bits per heavy atom. The third kappa shape index (κ3) is 2.46. The quantitative estimate of drug-likeness (QED) is 0.812. The number of rotatable bonds is 1. The maximum absolute atomic E-state index is 13.7. The minimum atomic E-state index is -0.525. The van der Waals surface area contributed by atoms with E-state index >= 15 is 0 Å². The van der Waals surface area contributed by atoms with Crippen molar-refractivity contribution in [3.05, 3.63) is 65.0 Å². The van der Waals surface area contributed by atoms with E-state index in [2.05, 4.69) is 24.3 Å². The number of piperidine rings is 1. The summed E-state index contributed by atoms with van der Waals surface area (Å²) < 4.78 is 13.7. The molecule has 2 N–H and O–H groups in total. The lowest BCUT2D eigenvalue weighted by atomic mass is 9.74. The summed E-state index contributed by atoms with van der Waals surface area (Å²) >= 11 is 0. The minimum absolute atomic E-state index is 0.0784. The number of hydrogen-bond acceptors (Lipinski definition) is 2. The number of likely N-dealkylation sites (tertiary alicyclic amines) is 1. The van der Waals surface area contributed by atoms with Crippen LogP contribution in [0.2, 0.25) is 0 Å². The summed E-state index contributed by atoms with van der Waals surface area (Å²) in [6.07, 6.45) is 4.07. The Morgan fingerprint density at radius 3 is 2.83 bits per heavy atom. The highest BCUT2D eigenvalue weighted by atomic mass is 19.1. The SMILES string of the molecule is Nc1ccc(C(=O)N2CCCC3c4ccccc4CC[C@@H]32)cc1F. The smallest absolute Gasteiger partial charge is 0.254 e. The molecule has 124 valence electrons. The van der Waals surface area contributed by atoms with Gasteiger partial charge in [-0.1, -0.05) is 24.3 Å². The second-order valence-electron chi connectivity index (χ2n) is 6.79. The molecular weight excluding hydrogens is 303 g/mol. The van der Waals surface area contributed by atoms with Crippen molar-refractivity contribution in [2.45, 2.75) is 37.6 Å². The van der Waals surface area contributed by atoms with Crippen molar-refractivity contribution in [1.82, 2.24) is 4.90 Å². The number of hydrogen-bond donors (Lipinski definition) is 1. The van der Waals surface area contributed by atoms with Gasteiger partial charge in [0.1, 0.15) is 5.82 Å². The van der Waals surface area contributed by atoms with Crippen LogP contribution >= 0.6 is 0 Å². The number of aryl methyl sites for hydroxylation is 1. The average Bonchev–Trinajstić information content (AvgIpc) is 2.62. The summed E-state index contributed by atoms with van der Waals surface area (Å²) in [6.45, 7) is 0.744. The molecule has 2 atom stereocenters. The molecule has 0 saturated carbocycles. The second-order valence-corrected chi connectivity index (χ2v) is 6.79. The predicted molar refractivity (Wildman–Crippen MR) is 92.4 cm³/mol. The number of carbonyl (C=O) groups excluding carboxylic acids is 1. The monoisotopic (exact) mass is 324 g/mol. The first-order valence-corrected chi connectivity index (χ1v) is 8.59. The van der Waals surface area contributed by atoms with Crippen molar-refractivity contribution in [3.8, 4) is 0 Å². The number of amides is 1. The predicted octanol–water partition coefficient (Wildman–Crippen LogP) is 3.74. The molecule has 2 aromatic rings. The van der Waals surface area contributed by atoms with Crippen molar-refractivity contribution in [3.63, 3.8) is 0 Å². The second kappa shape index (κ2) is 5.93. The Hall–Kier alpha value is -2.36. The van der Waals surface area contributed by atoms with Gasteiger partial charge in [-0.05, 0) is 55.0 Å². The number of nitrogens with two attached hydrogens (primary N) is 1. The summed E-state index contributed by atoms with van der Waals surface area (Å²) in [5.74, 6) is -0.211. The molecule has 1 saturated heterocycles. The van der Waals surface area contributed by atoms with Crippen molar-refractivity contribution < 1.29 is 9.18 Å². The fourth-order valence-electron chi connectivity index (χ4n) is 4.28. The summed E-state index contributed by atoms with van der Waals surface area (Å²) in [4.78, 5) is 14.9. The molecule has 0 spiro atoms. The van der Waals surface area contributed by atoms with Crippen LogP contribution in [-0.2, 0) is 6.42 Å². The molecule has 0 radical (unpaired) electrons. The van der Waals surface area contributed by atoms with Gasteiger partial charge in [0.05, 0.1) is 5.69 Å². The minimum Gasteiger partial charge on any atom is -0.396 e. The van der Waals surface area contributed by atoms with Crippen LogP contribution in [-0.4, -0.2) is 23.4 Å². The fraction of sp³-hybridized carbons (Fsp3) is 0.350. The van der Waals surface area contributed by atoms with Gasteiger partial charge >= 0.3 is 0 Å². The Balaban J connectivity index is 1.64. The third-order valence-electron chi connectivity index (χ3n) is 5.45. The van der Waals surface area contributed by atoms with Crippen LogP contribution < -0.4 is 5.73 Å². The number of fused-ring (bicyclic) bond motifs is 3. The van der Waals surface area contributed by atoms with Crippen LogP contribution in [0.1, 0.15) is 46.7 Å². The van der Waals surface area contributed by atoms with Crippen LogP contribution in [0.25, 0.3) is 0 Å². The molecule has 1 aliphatic heterocycles. The molecule has 4 heteroatoms. The van der Waals surface area contributed by atoms with Crippen LogP contribution in [0.5, 0.6) is 0 Å². The van der Waals surface area contributed by atoms with Gasteiger partial charge in [-0.15, -0.1) is 0 Å². The normalized spacial score (nSPS) is 22.6. The Kier molecular flexibility index (Phi) is 3.75. The van der Waals surface area contributed by atoms with Crippen molar-refractivity contribution >= 4 is 11.6 Å². The highest BCUT2D eigenvalue weighted by Gasteiger charge is 2.38.